The topological polar surface area (TPSA) is 168 Å². The molecular weight excluding hydrogens is 510 g/mol. The summed E-state index contributed by atoms with van der Waals surface area (Å²) < 4.78 is 23.9. The van der Waals surface area contributed by atoms with Gasteiger partial charge in [0.05, 0.1) is 4.90 Å². The quantitative estimate of drug-likeness (QED) is 0.229. The molecule has 0 radical (unpaired) electrons. The molecular formula is C26H27N5O4S2. The van der Waals surface area contributed by atoms with Crippen LogP contribution < -0.4 is 21.5 Å². The number of sulfonamides is 1. The average molecular weight is 538 g/mol. The lowest BCUT2D eigenvalue weighted by Gasteiger charge is -2.36. The van der Waals surface area contributed by atoms with Crippen LogP contribution in [0.4, 0.5) is 5.69 Å². The number of amidine groups is 1. The van der Waals surface area contributed by atoms with Crippen LogP contribution in [0.5, 0.6) is 0 Å². The van der Waals surface area contributed by atoms with Crippen molar-refractivity contribution in [2.75, 3.05) is 16.8 Å². The Kier molecular flexibility index (Phi) is 7.67. The van der Waals surface area contributed by atoms with Gasteiger partial charge < -0.3 is 16.4 Å². The molecule has 1 aliphatic rings. The maximum absolute atomic E-state index is 13.5. The molecule has 7 N–H and O–H groups in total. The molecule has 1 fully saturated rings. The van der Waals surface area contributed by atoms with Crippen molar-refractivity contribution in [3.63, 3.8) is 0 Å². The smallest absolute Gasteiger partial charge is 0.252 e. The zero-order valence-electron chi connectivity index (χ0n) is 19.9. The van der Waals surface area contributed by atoms with Gasteiger partial charge in [-0.15, -0.1) is 0 Å². The predicted octanol–water partition coefficient (Wildman–Crippen LogP) is 2.92. The zero-order valence-corrected chi connectivity index (χ0v) is 21.5. The molecule has 4 rings (SSSR count). The van der Waals surface area contributed by atoms with E-state index in [2.05, 4.69) is 10.6 Å². The van der Waals surface area contributed by atoms with Gasteiger partial charge in [0.25, 0.3) is 5.91 Å². The molecule has 0 unspecified atom stereocenters. The minimum atomic E-state index is -3.91. The molecule has 2 amide bonds. The van der Waals surface area contributed by atoms with E-state index in [0.29, 0.717) is 52.3 Å². The van der Waals surface area contributed by atoms with E-state index in [1.807, 2.05) is 0 Å². The number of nitrogen functional groups attached to an aromatic ring is 1. The third-order valence-corrected chi connectivity index (χ3v) is 8.17. The summed E-state index contributed by atoms with van der Waals surface area (Å²) in [5.74, 6) is 0.530. The van der Waals surface area contributed by atoms with Crippen LogP contribution in [0.2, 0.25) is 0 Å². The summed E-state index contributed by atoms with van der Waals surface area (Å²) in [7, 11) is -3.91. The second kappa shape index (κ2) is 10.8. The summed E-state index contributed by atoms with van der Waals surface area (Å²) in [5, 5.41) is 18.8. The fraction of sp³-hybridized carbons (Fsp3) is 0.192. The number of nitrogens with two attached hydrogens (primary N) is 2. The Morgan fingerprint density at radius 3 is 2.22 bits per heavy atom. The number of anilines is 1. The highest BCUT2D eigenvalue weighted by Crippen LogP contribution is 2.31. The van der Waals surface area contributed by atoms with Crippen LogP contribution >= 0.6 is 11.8 Å². The highest BCUT2D eigenvalue weighted by Gasteiger charge is 2.41. The first kappa shape index (κ1) is 26.4. The lowest BCUT2D eigenvalue weighted by Crippen LogP contribution is -2.58. The number of amides is 2. The number of carbonyl (C=O) groups excluding carboxylic acids is 2. The van der Waals surface area contributed by atoms with E-state index in [4.69, 9.17) is 16.3 Å². The number of benzene rings is 3. The molecule has 0 aliphatic carbocycles. The summed E-state index contributed by atoms with van der Waals surface area (Å²) in [6.45, 7) is 0. The first-order valence-electron chi connectivity index (χ1n) is 11.5. The third-order valence-electron chi connectivity index (χ3n) is 6.22. The standard InChI is InChI=1S/C26H27N5O4S2/c27-23(28)18-4-3-5-19(16-18)24(32)31-26(12-14-36-15-13-26)25(33)30-20-10-8-17(9-11-20)21-6-1-2-7-22(21)37(29,34)35/h1-11,16H,12-15H2,(H3,27,28)(H,30,33)(H,31,32)(H2,29,34,35). The van der Waals surface area contributed by atoms with Crippen molar-refractivity contribution in [3.8, 4) is 11.1 Å². The third kappa shape index (κ3) is 6.01. The van der Waals surface area contributed by atoms with Crippen molar-refractivity contribution in [1.29, 1.82) is 5.41 Å². The summed E-state index contributed by atoms with van der Waals surface area (Å²) in [5.41, 5.74) is 6.79. The molecule has 1 aliphatic heterocycles. The average Bonchev–Trinajstić information content (AvgIpc) is 2.89. The van der Waals surface area contributed by atoms with Gasteiger partial charge in [-0.1, -0.05) is 42.5 Å². The van der Waals surface area contributed by atoms with E-state index < -0.39 is 21.5 Å². The molecule has 192 valence electrons. The fourth-order valence-electron chi connectivity index (χ4n) is 4.18. The molecule has 1 saturated heterocycles. The van der Waals surface area contributed by atoms with Crippen LogP contribution in [0, 0.1) is 5.41 Å². The van der Waals surface area contributed by atoms with Crippen molar-refractivity contribution in [2.45, 2.75) is 23.3 Å². The number of nitrogens with one attached hydrogen (secondary N) is 3. The number of hydrogen-bond acceptors (Lipinski definition) is 6. The lowest BCUT2D eigenvalue weighted by atomic mass is 9.90. The number of rotatable bonds is 7. The molecule has 11 heteroatoms. The molecule has 0 bridgehead atoms. The lowest BCUT2D eigenvalue weighted by molar-refractivity contribution is -0.122. The highest BCUT2D eigenvalue weighted by molar-refractivity contribution is 7.99. The van der Waals surface area contributed by atoms with Crippen LogP contribution in [0.3, 0.4) is 0 Å². The van der Waals surface area contributed by atoms with E-state index in [0.717, 1.165) is 0 Å². The van der Waals surface area contributed by atoms with Crippen LogP contribution in [-0.2, 0) is 14.8 Å². The van der Waals surface area contributed by atoms with Crippen molar-refractivity contribution in [2.24, 2.45) is 10.9 Å². The van der Waals surface area contributed by atoms with E-state index in [1.54, 1.807) is 72.4 Å². The molecule has 3 aromatic rings. The number of carbonyl (C=O) groups is 2. The second-order valence-corrected chi connectivity index (χ2v) is 11.5. The van der Waals surface area contributed by atoms with Gasteiger partial charge in [0.2, 0.25) is 15.9 Å². The molecule has 0 spiro atoms. The predicted molar refractivity (Wildman–Crippen MR) is 146 cm³/mol. The van der Waals surface area contributed by atoms with Gasteiger partial charge in [0.1, 0.15) is 11.4 Å². The van der Waals surface area contributed by atoms with Gasteiger partial charge in [-0.3, -0.25) is 15.0 Å². The maximum Gasteiger partial charge on any atom is 0.252 e. The van der Waals surface area contributed by atoms with Crippen molar-refractivity contribution in [1.82, 2.24) is 5.32 Å². The van der Waals surface area contributed by atoms with Crippen LogP contribution in [-0.4, -0.2) is 43.1 Å². The van der Waals surface area contributed by atoms with Gasteiger partial charge in [0.15, 0.2) is 0 Å². The van der Waals surface area contributed by atoms with Crippen LogP contribution in [0.25, 0.3) is 11.1 Å². The molecule has 0 aromatic heterocycles. The summed E-state index contributed by atoms with van der Waals surface area (Å²) >= 11 is 1.72. The Morgan fingerprint density at radius 1 is 0.919 bits per heavy atom. The molecule has 9 nitrogen and oxygen atoms in total. The first-order valence-corrected chi connectivity index (χ1v) is 14.2. The largest absolute Gasteiger partial charge is 0.384 e. The van der Waals surface area contributed by atoms with E-state index in [1.165, 1.54) is 12.1 Å². The number of primary sulfonamides is 1. The van der Waals surface area contributed by atoms with Gasteiger partial charge >= 0.3 is 0 Å². The monoisotopic (exact) mass is 537 g/mol. The summed E-state index contributed by atoms with van der Waals surface area (Å²) in [6, 6.07) is 19.6. The van der Waals surface area contributed by atoms with Gasteiger partial charge in [-0.05, 0) is 60.2 Å². The fourth-order valence-corrected chi connectivity index (χ4v) is 6.13. The van der Waals surface area contributed by atoms with Crippen molar-refractivity contribution < 1.29 is 18.0 Å². The molecule has 3 aromatic carbocycles. The summed E-state index contributed by atoms with van der Waals surface area (Å²) in [6.07, 6.45) is 0.920. The second-order valence-electron chi connectivity index (χ2n) is 8.72. The Morgan fingerprint density at radius 2 is 1.57 bits per heavy atom. The van der Waals surface area contributed by atoms with Gasteiger partial charge in [0, 0.05) is 22.4 Å². The van der Waals surface area contributed by atoms with Gasteiger partial charge in [-0.25, -0.2) is 13.6 Å². The Hall–Kier alpha value is -3.67. The van der Waals surface area contributed by atoms with Crippen LogP contribution in [0.15, 0.2) is 77.7 Å². The van der Waals surface area contributed by atoms with E-state index in [-0.39, 0.29) is 16.6 Å². The SMILES string of the molecule is N=C(N)c1cccc(C(=O)NC2(C(=O)Nc3ccc(-c4ccccc4S(N)(=O)=O)cc3)CCSCC2)c1. The maximum atomic E-state index is 13.5. The number of thioether (sulfide) groups is 1. The zero-order chi connectivity index (χ0) is 26.6. The molecule has 37 heavy (non-hydrogen) atoms. The number of hydrogen-bond donors (Lipinski definition) is 5. The first-order chi connectivity index (χ1) is 17.6. The highest BCUT2D eigenvalue weighted by atomic mass is 32.2. The van der Waals surface area contributed by atoms with Gasteiger partial charge in [-0.2, -0.15) is 11.8 Å². The van der Waals surface area contributed by atoms with Crippen molar-refractivity contribution in [3.05, 3.63) is 83.9 Å². The minimum absolute atomic E-state index is 0.0157. The Balaban J connectivity index is 1.55. The molecule has 1 heterocycles. The minimum Gasteiger partial charge on any atom is -0.384 e. The van der Waals surface area contributed by atoms with E-state index >= 15 is 0 Å². The van der Waals surface area contributed by atoms with E-state index in [9.17, 15) is 18.0 Å². The van der Waals surface area contributed by atoms with Crippen molar-refractivity contribution >= 4 is 45.1 Å². The molecule has 0 saturated carbocycles. The Labute approximate surface area is 219 Å². The Bertz CT molecular complexity index is 1450. The molecule has 0 atom stereocenters. The van der Waals surface area contributed by atoms with Crippen LogP contribution in [0.1, 0.15) is 28.8 Å². The summed E-state index contributed by atoms with van der Waals surface area (Å²) in [4.78, 5) is 26.6. The normalized spacial score (nSPS) is 14.9.